The maximum Gasteiger partial charge on any atom is 0.338 e. The highest BCUT2D eigenvalue weighted by Gasteiger charge is 2.41. The molecule has 1 amide bonds. The van der Waals surface area contributed by atoms with E-state index >= 15 is 0 Å². The Hall–Kier alpha value is -2.80. The van der Waals surface area contributed by atoms with E-state index in [1.165, 1.54) is 11.8 Å². The third kappa shape index (κ3) is 4.21. The van der Waals surface area contributed by atoms with Crippen molar-refractivity contribution in [2.24, 2.45) is 4.99 Å². The number of amides is 1. The number of ether oxygens (including phenoxy) is 1. The number of nitrogens with one attached hydrogen (secondary N) is 1. The smallest absolute Gasteiger partial charge is 0.338 e. The maximum absolute atomic E-state index is 13.0. The molecular formula is C23H25N3O3S. The maximum atomic E-state index is 13.0. The zero-order chi connectivity index (χ0) is 21.3. The molecule has 6 nitrogen and oxygen atoms in total. The summed E-state index contributed by atoms with van der Waals surface area (Å²) in [6, 6.07) is 7.97. The van der Waals surface area contributed by atoms with Gasteiger partial charge in [0, 0.05) is 11.7 Å². The van der Waals surface area contributed by atoms with Crippen LogP contribution in [0.5, 0.6) is 0 Å². The summed E-state index contributed by atoms with van der Waals surface area (Å²) in [4.78, 5) is 32.1. The summed E-state index contributed by atoms with van der Waals surface area (Å²) < 4.78 is 5.39. The molecule has 156 valence electrons. The van der Waals surface area contributed by atoms with Gasteiger partial charge in [0.15, 0.2) is 5.17 Å². The Morgan fingerprint density at radius 3 is 2.87 bits per heavy atom. The van der Waals surface area contributed by atoms with E-state index in [1.807, 2.05) is 42.4 Å². The van der Waals surface area contributed by atoms with Crippen molar-refractivity contribution in [1.82, 2.24) is 10.2 Å². The van der Waals surface area contributed by atoms with Crippen molar-refractivity contribution < 1.29 is 14.3 Å². The molecule has 30 heavy (non-hydrogen) atoms. The number of aryl methyl sites for hydroxylation is 1. The molecule has 1 aliphatic carbocycles. The van der Waals surface area contributed by atoms with Crippen molar-refractivity contribution in [2.75, 3.05) is 6.61 Å². The Morgan fingerprint density at radius 2 is 2.17 bits per heavy atom. The molecule has 3 aliphatic rings. The first-order valence-corrected chi connectivity index (χ1v) is 10.9. The van der Waals surface area contributed by atoms with Crippen LogP contribution in [0.4, 0.5) is 0 Å². The summed E-state index contributed by atoms with van der Waals surface area (Å²) in [5.74, 6) is -0.420. The molecule has 0 aromatic heterocycles. The first-order chi connectivity index (χ1) is 14.5. The van der Waals surface area contributed by atoms with Gasteiger partial charge in [-0.1, -0.05) is 54.2 Å². The Bertz CT molecular complexity index is 991. The van der Waals surface area contributed by atoms with Gasteiger partial charge in [-0.3, -0.25) is 4.79 Å². The van der Waals surface area contributed by atoms with Crippen LogP contribution in [0.15, 0.2) is 64.3 Å². The molecule has 4 rings (SSSR count). The van der Waals surface area contributed by atoms with Crippen molar-refractivity contribution in [3.8, 4) is 0 Å². The monoisotopic (exact) mass is 423 g/mol. The Kier molecular flexibility index (Phi) is 5.81. The van der Waals surface area contributed by atoms with Gasteiger partial charge < -0.3 is 15.0 Å². The predicted octanol–water partition coefficient (Wildman–Crippen LogP) is 3.97. The van der Waals surface area contributed by atoms with Gasteiger partial charge in [0.2, 0.25) is 5.91 Å². The summed E-state index contributed by atoms with van der Waals surface area (Å²) >= 11 is 1.48. The topological polar surface area (TPSA) is 71.0 Å². The quantitative estimate of drug-likeness (QED) is 0.531. The second-order valence-electron chi connectivity index (χ2n) is 7.71. The molecule has 1 N–H and O–H groups in total. The molecule has 0 spiro atoms. The second-order valence-corrected chi connectivity index (χ2v) is 8.55. The normalized spacial score (nSPS) is 20.3. The Morgan fingerprint density at radius 1 is 1.37 bits per heavy atom. The average Bonchev–Trinajstić information content (AvgIpc) is 3.44. The van der Waals surface area contributed by atoms with E-state index in [1.54, 1.807) is 6.08 Å². The van der Waals surface area contributed by atoms with E-state index in [4.69, 9.17) is 4.74 Å². The van der Waals surface area contributed by atoms with E-state index in [9.17, 15) is 9.59 Å². The van der Waals surface area contributed by atoms with Gasteiger partial charge in [-0.15, -0.1) is 0 Å². The zero-order valence-electron chi connectivity index (χ0n) is 17.2. The fraction of sp³-hybridized carbons (Fsp3) is 0.348. The van der Waals surface area contributed by atoms with E-state index < -0.39 is 12.0 Å². The molecule has 1 aromatic carbocycles. The van der Waals surface area contributed by atoms with E-state index in [2.05, 4.69) is 23.0 Å². The number of fused-ring (bicyclic) bond motifs is 1. The molecule has 2 aliphatic heterocycles. The highest BCUT2D eigenvalue weighted by Crippen LogP contribution is 2.45. The van der Waals surface area contributed by atoms with Gasteiger partial charge in [0.25, 0.3) is 0 Å². The molecule has 1 fully saturated rings. The van der Waals surface area contributed by atoms with Gasteiger partial charge in [-0.2, -0.15) is 0 Å². The first kappa shape index (κ1) is 20.5. The van der Waals surface area contributed by atoms with Gasteiger partial charge in [-0.05, 0) is 37.7 Å². The minimum atomic E-state index is -0.416. The molecule has 0 unspecified atom stereocenters. The molecule has 0 bridgehead atoms. The molecule has 1 aromatic rings. The highest BCUT2D eigenvalue weighted by molar-refractivity contribution is 8.16. The van der Waals surface area contributed by atoms with Crippen molar-refractivity contribution in [3.05, 3.63) is 70.4 Å². The number of esters is 1. The van der Waals surface area contributed by atoms with Crippen molar-refractivity contribution >= 4 is 28.8 Å². The SMILES string of the molecule is C=CCOC(=O)C1=C(C)N=C2SC=C(CC(=O)NC3CC3)N2[C@H]1c1cccc(C)c1. The number of thioether (sulfide) groups is 1. The van der Waals surface area contributed by atoms with Crippen LogP contribution in [0.25, 0.3) is 0 Å². The summed E-state index contributed by atoms with van der Waals surface area (Å²) in [7, 11) is 0. The molecule has 2 heterocycles. The van der Waals surface area contributed by atoms with Gasteiger partial charge >= 0.3 is 5.97 Å². The van der Waals surface area contributed by atoms with Crippen LogP contribution in [0.3, 0.4) is 0 Å². The minimum Gasteiger partial charge on any atom is -0.458 e. The standard InChI is InChI=1S/C23H25N3O3S/c1-4-10-29-22(28)20-15(3)24-23-26(21(20)16-7-5-6-14(2)11-16)18(13-30-23)12-19(27)25-17-8-9-17/h4-7,11,13,17,21H,1,8-10,12H2,2-3H3,(H,25,27)/t21-/m0/s1. The van der Waals surface area contributed by atoms with Gasteiger partial charge in [0.1, 0.15) is 6.61 Å². The fourth-order valence-electron chi connectivity index (χ4n) is 3.67. The number of allylic oxidation sites excluding steroid dienone is 1. The molecule has 1 saturated carbocycles. The van der Waals surface area contributed by atoms with Crippen molar-refractivity contribution in [1.29, 1.82) is 0 Å². The van der Waals surface area contributed by atoms with Crippen LogP contribution in [-0.2, 0) is 14.3 Å². The van der Waals surface area contributed by atoms with E-state index in [0.717, 1.165) is 34.8 Å². The lowest BCUT2D eigenvalue weighted by atomic mass is 9.93. The third-order valence-electron chi connectivity index (χ3n) is 5.19. The molecule has 1 atom stereocenters. The number of rotatable bonds is 7. The molecule has 0 radical (unpaired) electrons. The van der Waals surface area contributed by atoms with Gasteiger partial charge in [0.05, 0.1) is 23.7 Å². The Labute approximate surface area is 180 Å². The third-order valence-corrected chi connectivity index (χ3v) is 6.08. The number of carbonyl (C=O) groups is 2. The number of nitrogens with zero attached hydrogens (tertiary/aromatic N) is 2. The van der Waals surface area contributed by atoms with Crippen molar-refractivity contribution in [3.63, 3.8) is 0 Å². The minimum absolute atomic E-state index is 0.00403. The first-order valence-electron chi connectivity index (χ1n) is 10.1. The number of hydrogen-bond acceptors (Lipinski definition) is 6. The Balaban J connectivity index is 1.71. The van der Waals surface area contributed by atoms with Crippen LogP contribution in [0.2, 0.25) is 0 Å². The van der Waals surface area contributed by atoms with Crippen LogP contribution < -0.4 is 5.32 Å². The number of carbonyl (C=O) groups excluding carboxylic acids is 2. The lowest BCUT2D eigenvalue weighted by Crippen LogP contribution is -2.38. The molecule has 0 saturated heterocycles. The van der Waals surface area contributed by atoms with Crippen LogP contribution >= 0.6 is 11.8 Å². The molecular weight excluding hydrogens is 398 g/mol. The number of hydrogen-bond donors (Lipinski definition) is 1. The second kappa shape index (κ2) is 8.52. The highest BCUT2D eigenvalue weighted by atomic mass is 32.2. The number of amidine groups is 1. The fourth-order valence-corrected chi connectivity index (χ4v) is 4.63. The largest absolute Gasteiger partial charge is 0.458 e. The summed E-state index contributed by atoms with van der Waals surface area (Å²) in [6.07, 6.45) is 3.89. The summed E-state index contributed by atoms with van der Waals surface area (Å²) in [5, 5.41) is 5.77. The zero-order valence-corrected chi connectivity index (χ0v) is 18.0. The number of benzene rings is 1. The van der Waals surface area contributed by atoms with Crippen LogP contribution in [0, 0.1) is 6.92 Å². The predicted molar refractivity (Wildman–Crippen MR) is 119 cm³/mol. The summed E-state index contributed by atoms with van der Waals surface area (Å²) in [6.45, 7) is 7.61. The van der Waals surface area contributed by atoms with Crippen LogP contribution in [0.1, 0.15) is 43.4 Å². The summed E-state index contributed by atoms with van der Waals surface area (Å²) in [5.41, 5.74) is 4.01. The average molecular weight is 424 g/mol. The molecule has 7 heteroatoms. The van der Waals surface area contributed by atoms with E-state index in [-0.39, 0.29) is 18.9 Å². The van der Waals surface area contributed by atoms with Crippen LogP contribution in [-0.4, -0.2) is 34.6 Å². The lowest BCUT2D eigenvalue weighted by molar-refractivity contribution is -0.138. The van der Waals surface area contributed by atoms with Crippen molar-refractivity contribution in [2.45, 2.75) is 45.2 Å². The van der Waals surface area contributed by atoms with E-state index in [0.29, 0.717) is 17.3 Å². The number of aliphatic imine (C=N–C) groups is 1. The lowest BCUT2D eigenvalue weighted by Gasteiger charge is -2.36. The van der Waals surface area contributed by atoms with Gasteiger partial charge in [-0.25, -0.2) is 9.79 Å².